The average molecular weight is 286 g/mol. The number of halogens is 2. The molecule has 0 spiro atoms. The molecule has 0 saturated heterocycles. The van der Waals surface area contributed by atoms with Crippen LogP contribution in [0.4, 0.5) is 0 Å². The molecular formula is C15H21Cl2N. The van der Waals surface area contributed by atoms with E-state index in [0.29, 0.717) is 11.8 Å². The van der Waals surface area contributed by atoms with Crippen molar-refractivity contribution in [2.75, 3.05) is 6.54 Å². The first-order valence-corrected chi connectivity index (χ1v) is 7.56. The van der Waals surface area contributed by atoms with Gasteiger partial charge in [0, 0.05) is 28.5 Å². The number of rotatable bonds is 6. The molecule has 1 aromatic carbocycles. The monoisotopic (exact) mass is 285 g/mol. The molecule has 18 heavy (non-hydrogen) atoms. The molecule has 1 N–H and O–H groups in total. The van der Waals surface area contributed by atoms with Crippen LogP contribution in [-0.4, -0.2) is 12.6 Å². The highest BCUT2D eigenvalue weighted by Gasteiger charge is 2.26. The molecule has 100 valence electrons. The Bertz CT molecular complexity index is 381. The Kier molecular flexibility index (Phi) is 4.94. The van der Waals surface area contributed by atoms with E-state index in [-0.39, 0.29) is 0 Å². The van der Waals surface area contributed by atoms with Gasteiger partial charge >= 0.3 is 0 Å². The summed E-state index contributed by atoms with van der Waals surface area (Å²) in [7, 11) is 0. The van der Waals surface area contributed by atoms with Crippen molar-refractivity contribution in [1.29, 1.82) is 0 Å². The standard InChI is InChI=1S/C15H21Cl2N/c1-3-10(2)12(9-18-11-7-8-11)15-13(16)5-4-6-14(15)17/h4-6,10-12,18H,3,7-9H2,1-2H3. The van der Waals surface area contributed by atoms with Crippen LogP contribution in [0.1, 0.15) is 44.6 Å². The molecule has 1 aromatic rings. The zero-order chi connectivity index (χ0) is 13.1. The maximum atomic E-state index is 6.34. The van der Waals surface area contributed by atoms with Crippen LogP contribution in [0, 0.1) is 5.92 Å². The summed E-state index contributed by atoms with van der Waals surface area (Å²) in [4.78, 5) is 0. The van der Waals surface area contributed by atoms with Crippen molar-refractivity contribution in [3.8, 4) is 0 Å². The van der Waals surface area contributed by atoms with Crippen LogP contribution in [0.5, 0.6) is 0 Å². The lowest BCUT2D eigenvalue weighted by Gasteiger charge is -2.26. The molecule has 0 radical (unpaired) electrons. The van der Waals surface area contributed by atoms with Crippen LogP contribution < -0.4 is 5.32 Å². The van der Waals surface area contributed by atoms with Gasteiger partial charge in [0.25, 0.3) is 0 Å². The zero-order valence-corrected chi connectivity index (χ0v) is 12.6. The molecule has 0 aromatic heterocycles. The van der Waals surface area contributed by atoms with Crippen LogP contribution in [0.25, 0.3) is 0 Å². The minimum absolute atomic E-state index is 0.400. The highest BCUT2D eigenvalue weighted by atomic mass is 35.5. The van der Waals surface area contributed by atoms with Crippen molar-refractivity contribution in [1.82, 2.24) is 5.32 Å². The van der Waals surface area contributed by atoms with Crippen molar-refractivity contribution in [2.45, 2.75) is 45.1 Å². The topological polar surface area (TPSA) is 12.0 Å². The molecule has 0 heterocycles. The fraction of sp³-hybridized carbons (Fsp3) is 0.600. The molecule has 2 atom stereocenters. The average Bonchev–Trinajstić information content (AvgIpc) is 3.16. The van der Waals surface area contributed by atoms with Crippen molar-refractivity contribution in [3.05, 3.63) is 33.8 Å². The molecule has 1 aliphatic carbocycles. The molecule has 1 aliphatic rings. The predicted octanol–water partition coefficient (Wildman–Crippen LogP) is 4.88. The summed E-state index contributed by atoms with van der Waals surface area (Å²) >= 11 is 12.7. The first-order valence-electron chi connectivity index (χ1n) is 6.80. The highest BCUT2D eigenvalue weighted by Crippen LogP contribution is 2.37. The van der Waals surface area contributed by atoms with Crippen molar-refractivity contribution < 1.29 is 0 Å². The smallest absolute Gasteiger partial charge is 0.0456 e. The van der Waals surface area contributed by atoms with E-state index >= 15 is 0 Å². The number of hydrogen-bond donors (Lipinski definition) is 1. The molecular weight excluding hydrogens is 265 g/mol. The Morgan fingerprint density at radius 1 is 1.28 bits per heavy atom. The quantitative estimate of drug-likeness (QED) is 0.786. The Morgan fingerprint density at radius 3 is 2.39 bits per heavy atom. The van der Waals surface area contributed by atoms with E-state index in [1.165, 1.54) is 12.8 Å². The zero-order valence-electron chi connectivity index (χ0n) is 11.0. The van der Waals surface area contributed by atoms with Crippen molar-refractivity contribution >= 4 is 23.2 Å². The molecule has 3 heteroatoms. The second kappa shape index (κ2) is 6.27. The van der Waals surface area contributed by atoms with Crippen LogP contribution in [0.2, 0.25) is 10.0 Å². The summed E-state index contributed by atoms with van der Waals surface area (Å²) in [5, 5.41) is 5.20. The second-order valence-corrected chi connectivity index (χ2v) is 6.12. The van der Waals surface area contributed by atoms with Crippen molar-refractivity contribution in [3.63, 3.8) is 0 Å². The van der Waals surface area contributed by atoms with Crippen LogP contribution in [0.3, 0.4) is 0 Å². The van der Waals surface area contributed by atoms with Crippen LogP contribution >= 0.6 is 23.2 Å². The fourth-order valence-corrected chi connectivity index (χ4v) is 3.00. The molecule has 2 rings (SSSR count). The molecule has 1 nitrogen and oxygen atoms in total. The number of nitrogens with one attached hydrogen (secondary N) is 1. The minimum atomic E-state index is 0.400. The lowest BCUT2D eigenvalue weighted by Crippen LogP contribution is -2.27. The van der Waals surface area contributed by atoms with Gasteiger partial charge in [-0.2, -0.15) is 0 Å². The van der Waals surface area contributed by atoms with E-state index in [1.807, 2.05) is 18.2 Å². The number of benzene rings is 1. The maximum absolute atomic E-state index is 6.34. The molecule has 1 saturated carbocycles. The maximum Gasteiger partial charge on any atom is 0.0456 e. The molecule has 0 bridgehead atoms. The molecule has 2 unspecified atom stereocenters. The van der Waals surface area contributed by atoms with E-state index in [4.69, 9.17) is 23.2 Å². The van der Waals surface area contributed by atoms with Crippen molar-refractivity contribution in [2.24, 2.45) is 5.92 Å². The Balaban J connectivity index is 2.20. The van der Waals surface area contributed by atoms with Gasteiger partial charge in [-0.05, 0) is 36.5 Å². The van der Waals surface area contributed by atoms with Gasteiger partial charge in [0.15, 0.2) is 0 Å². The highest BCUT2D eigenvalue weighted by molar-refractivity contribution is 6.36. The Hall–Kier alpha value is -0.240. The lowest BCUT2D eigenvalue weighted by atomic mass is 9.85. The first-order chi connectivity index (χ1) is 8.63. The molecule has 0 amide bonds. The van der Waals surface area contributed by atoms with Crippen LogP contribution in [0.15, 0.2) is 18.2 Å². The summed E-state index contributed by atoms with van der Waals surface area (Å²) in [6.45, 7) is 5.47. The summed E-state index contributed by atoms with van der Waals surface area (Å²) < 4.78 is 0. The van der Waals surface area contributed by atoms with Gasteiger partial charge in [-0.15, -0.1) is 0 Å². The fourth-order valence-electron chi connectivity index (χ4n) is 2.32. The van der Waals surface area contributed by atoms with Gasteiger partial charge in [0.05, 0.1) is 0 Å². The summed E-state index contributed by atoms with van der Waals surface area (Å²) in [6, 6.07) is 6.51. The Morgan fingerprint density at radius 2 is 1.89 bits per heavy atom. The Labute approximate surface area is 120 Å². The van der Waals surface area contributed by atoms with E-state index in [2.05, 4.69) is 19.2 Å². The van der Waals surface area contributed by atoms with Gasteiger partial charge in [-0.1, -0.05) is 49.5 Å². The van der Waals surface area contributed by atoms with Gasteiger partial charge in [0.2, 0.25) is 0 Å². The van der Waals surface area contributed by atoms with Crippen LogP contribution in [-0.2, 0) is 0 Å². The normalized spacial score (nSPS) is 18.7. The minimum Gasteiger partial charge on any atom is -0.313 e. The third kappa shape index (κ3) is 3.40. The lowest BCUT2D eigenvalue weighted by molar-refractivity contribution is 0.420. The first kappa shape index (κ1) is 14.2. The van der Waals surface area contributed by atoms with E-state index in [9.17, 15) is 0 Å². The molecule has 0 aliphatic heterocycles. The third-order valence-electron chi connectivity index (χ3n) is 3.91. The van der Waals surface area contributed by atoms with E-state index in [1.54, 1.807) is 0 Å². The molecule has 1 fully saturated rings. The SMILES string of the molecule is CCC(C)C(CNC1CC1)c1c(Cl)cccc1Cl. The summed E-state index contributed by atoms with van der Waals surface area (Å²) in [5.74, 6) is 0.977. The van der Waals surface area contributed by atoms with E-state index in [0.717, 1.165) is 34.6 Å². The second-order valence-electron chi connectivity index (χ2n) is 5.31. The summed E-state index contributed by atoms with van der Waals surface area (Å²) in [6.07, 6.45) is 3.76. The third-order valence-corrected chi connectivity index (χ3v) is 4.56. The van der Waals surface area contributed by atoms with Gasteiger partial charge in [-0.3, -0.25) is 0 Å². The number of hydrogen-bond acceptors (Lipinski definition) is 1. The predicted molar refractivity (Wildman–Crippen MR) is 79.7 cm³/mol. The van der Waals surface area contributed by atoms with Gasteiger partial charge < -0.3 is 5.32 Å². The van der Waals surface area contributed by atoms with Gasteiger partial charge in [-0.25, -0.2) is 0 Å². The summed E-state index contributed by atoms with van der Waals surface area (Å²) in [5.41, 5.74) is 1.11. The van der Waals surface area contributed by atoms with E-state index < -0.39 is 0 Å². The van der Waals surface area contributed by atoms with Gasteiger partial charge in [0.1, 0.15) is 0 Å². The largest absolute Gasteiger partial charge is 0.313 e.